The average Bonchev–Trinajstić information content (AvgIpc) is 2.07. The van der Waals surface area contributed by atoms with Gasteiger partial charge in [0.15, 0.2) is 0 Å². The van der Waals surface area contributed by atoms with Crippen molar-refractivity contribution in [3.8, 4) is 0 Å². The summed E-state index contributed by atoms with van der Waals surface area (Å²) in [5, 5.41) is 3.58. The Labute approximate surface area is 73.5 Å². The molecule has 1 rings (SSSR count). The van der Waals surface area contributed by atoms with Crippen LogP contribution in [-0.2, 0) is 4.94 Å². The van der Waals surface area contributed by atoms with Crippen LogP contribution in [0.5, 0.6) is 0 Å². The highest BCUT2D eigenvalue weighted by atomic mass is 35.5. The second-order valence-corrected chi connectivity index (χ2v) is 2.38. The first kappa shape index (κ1) is 8.92. The second kappa shape index (κ2) is 4.01. The van der Waals surface area contributed by atoms with Gasteiger partial charge in [0.05, 0.1) is 11.0 Å². The summed E-state index contributed by atoms with van der Waals surface area (Å²) in [4.78, 5) is 14.2. The van der Waals surface area contributed by atoms with Crippen LogP contribution in [0.3, 0.4) is 0 Å². The van der Waals surface area contributed by atoms with Crippen LogP contribution in [0.15, 0.2) is 29.6 Å². The SMILES string of the molecule is NON(N=O)c1cccc(Cl)c1. The Bertz CT molecular complexity index is 281. The average molecular weight is 188 g/mol. The molecule has 1 aromatic carbocycles. The van der Waals surface area contributed by atoms with E-state index in [1.807, 2.05) is 0 Å². The van der Waals surface area contributed by atoms with Crippen LogP contribution in [-0.4, -0.2) is 0 Å². The Kier molecular flexibility index (Phi) is 2.98. The van der Waals surface area contributed by atoms with Gasteiger partial charge in [-0.15, -0.1) is 4.91 Å². The van der Waals surface area contributed by atoms with E-state index in [4.69, 9.17) is 17.5 Å². The smallest absolute Gasteiger partial charge is 0.0968 e. The van der Waals surface area contributed by atoms with Crippen molar-refractivity contribution in [1.29, 1.82) is 0 Å². The number of rotatable bonds is 3. The fourth-order valence-corrected chi connectivity index (χ4v) is 0.907. The van der Waals surface area contributed by atoms with Crippen molar-refractivity contribution in [2.24, 2.45) is 11.2 Å². The highest BCUT2D eigenvalue weighted by molar-refractivity contribution is 6.30. The highest BCUT2D eigenvalue weighted by Crippen LogP contribution is 2.18. The molecule has 0 saturated carbocycles. The molecule has 0 spiro atoms. The largest absolute Gasteiger partial charge is 0.188 e. The number of nitrogens with zero attached hydrogens (tertiary/aromatic N) is 2. The number of anilines is 1. The summed E-state index contributed by atoms with van der Waals surface area (Å²) in [6.07, 6.45) is 0. The molecule has 5 nitrogen and oxygen atoms in total. The summed E-state index contributed by atoms with van der Waals surface area (Å²) < 4.78 is 0. The zero-order valence-electron chi connectivity index (χ0n) is 5.98. The normalized spacial score (nSPS) is 9.50. The molecule has 0 unspecified atom stereocenters. The summed E-state index contributed by atoms with van der Waals surface area (Å²) in [5.41, 5.74) is 0.375. The predicted molar refractivity (Wildman–Crippen MR) is 45.0 cm³/mol. The Morgan fingerprint density at radius 3 is 2.83 bits per heavy atom. The lowest BCUT2D eigenvalue weighted by molar-refractivity contribution is 0.111. The molecule has 0 atom stereocenters. The van der Waals surface area contributed by atoms with E-state index in [0.717, 1.165) is 0 Å². The molecule has 0 fully saturated rings. The topological polar surface area (TPSA) is 67.9 Å². The molecular weight excluding hydrogens is 182 g/mol. The van der Waals surface area contributed by atoms with E-state index in [-0.39, 0.29) is 0 Å². The van der Waals surface area contributed by atoms with Gasteiger partial charge in [-0.05, 0) is 18.2 Å². The van der Waals surface area contributed by atoms with Crippen LogP contribution in [0.4, 0.5) is 5.69 Å². The molecule has 0 heterocycles. The van der Waals surface area contributed by atoms with E-state index >= 15 is 0 Å². The number of nitrogens with two attached hydrogens (primary N) is 1. The minimum atomic E-state index is 0.375. The lowest BCUT2D eigenvalue weighted by Crippen LogP contribution is -2.20. The summed E-state index contributed by atoms with van der Waals surface area (Å²) in [6, 6.07) is 6.38. The van der Waals surface area contributed by atoms with Gasteiger partial charge in [-0.2, -0.15) is 10.8 Å². The predicted octanol–water partition coefficient (Wildman–Crippen LogP) is 1.63. The fourth-order valence-electron chi connectivity index (χ4n) is 0.722. The van der Waals surface area contributed by atoms with Gasteiger partial charge < -0.3 is 0 Å². The molecule has 1 aromatic rings. The molecule has 0 aliphatic carbocycles. The van der Waals surface area contributed by atoms with Gasteiger partial charge in [0, 0.05) is 5.02 Å². The summed E-state index contributed by atoms with van der Waals surface area (Å²) in [6.45, 7) is 0. The third-order valence-electron chi connectivity index (χ3n) is 1.20. The van der Waals surface area contributed by atoms with Crippen LogP contribution >= 0.6 is 11.6 Å². The number of benzene rings is 1. The molecule has 64 valence electrons. The van der Waals surface area contributed by atoms with Gasteiger partial charge in [0.2, 0.25) is 0 Å². The second-order valence-electron chi connectivity index (χ2n) is 1.94. The van der Waals surface area contributed by atoms with E-state index < -0.39 is 0 Å². The Morgan fingerprint density at radius 2 is 2.33 bits per heavy atom. The van der Waals surface area contributed by atoms with Crippen molar-refractivity contribution in [2.45, 2.75) is 0 Å². The molecule has 0 bridgehead atoms. The van der Waals surface area contributed by atoms with E-state index in [9.17, 15) is 4.91 Å². The first-order valence-corrected chi connectivity index (χ1v) is 3.41. The summed E-state index contributed by atoms with van der Waals surface area (Å²) in [5.74, 6) is 4.75. The highest BCUT2D eigenvalue weighted by Gasteiger charge is 2.04. The summed E-state index contributed by atoms with van der Waals surface area (Å²) >= 11 is 5.64. The van der Waals surface area contributed by atoms with Gasteiger partial charge in [0.25, 0.3) is 0 Å². The third-order valence-corrected chi connectivity index (χ3v) is 1.44. The maximum Gasteiger partial charge on any atom is 0.0968 e. The van der Waals surface area contributed by atoms with Crippen molar-refractivity contribution >= 4 is 17.3 Å². The molecule has 2 N–H and O–H groups in total. The van der Waals surface area contributed by atoms with Crippen LogP contribution in [0.1, 0.15) is 0 Å². The van der Waals surface area contributed by atoms with Crippen molar-refractivity contribution < 1.29 is 4.94 Å². The van der Waals surface area contributed by atoms with Gasteiger partial charge in [-0.3, -0.25) is 0 Å². The summed E-state index contributed by atoms with van der Waals surface area (Å²) in [7, 11) is 0. The first-order chi connectivity index (χ1) is 5.77. The standard InChI is InChI=1S/C6H6ClN3O2/c7-5-2-1-3-6(4-5)10(9-11)12-8/h1-4H,8H2. The van der Waals surface area contributed by atoms with Crippen molar-refractivity contribution in [3.05, 3.63) is 34.2 Å². The molecule has 0 aromatic heterocycles. The Balaban J connectivity index is 2.93. The van der Waals surface area contributed by atoms with E-state index in [0.29, 0.717) is 15.9 Å². The quantitative estimate of drug-likeness (QED) is 0.577. The maximum atomic E-state index is 10.1. The number of nitroso groups, excluding NO2 is 1. The van der Waals surface area contributed by atoms with Gasteiger partial charge >= 0.3 is 0 Å². The third kappa shape index (κ3) is 1.91. The Hall–Kier alpha value is -1.17. The van der Waals surface area contributed by atoms with Crippen LogP contribution in [0.25, 0.3) is 0 Å². The molecule has 6 heteroatoms. The van der Waals surface area contributed by atoms with Crippen LogP contribution in [0, 0.1) is 4.91 Å². The number of hydrogen-bond acceptors (Lipinski definition) is 4. The lowest BCUT2D eigenvalue weighted by Gasteiger charge is -2.09. The lowest BCUT2D eigenvalue weighted by atomic mass is 10.3. The molecule has 0 aliphatic heterocycles. The van der Waals surface area contributed by atoms with Crippen LogP contribution < -0.4 is 11.1 Å². The molecular formula is C6H6ClN3O2. The van der Waals surface area contributed by atoms with Crippen molar-refractivity contribution in [2.75, 3.05) is 5.17 Å². The van der Waals surface area contributed by atoms with Gasteiger partial charge in [-0.25, -0.2) is 0 Å². The maximum absolute atomic E-state index is 10.1. The monoisotopic (exact) mass is 187 g/mol. The van der Waals surface area contributed by atoms with Crippen molar-refractivity contribution in [3.63, 3.8) is 0 Å². The molecule has 0 radical (unpaired) electrons. The minimum absolute atomic E-state index is 0.375. The molecule has 0 amide bonds. The zero-order valence-corrected chi connectivity index (χ0v) is 6.73. The number of hydrogen-bond donors (Lipinski definition) is 1. The van der Waals surface area contributed by atoms with Crippen molar-refractivity contribution in [1.82, 2.24) is 0 Å². The molecule has 0 aliphatic rings. The fraction of sp³-hybridized carbons (Fsp3) is 0. The molecule has 0 saturated heterocycles. The van der Waals surface area contributed by atoms with E-state index in [1.165, 1.54) is 6.07 Å². The van der Waals surface area contributed by atoms with E-state index in [2.05, 4.69) is 10.2 Å². The number of halogens is 1. The van der Waals surface area contributed by atoms with E-state index in [1.54, 1.807) is 18.2 Å². The Morgan fingerprint density at radius 1 is 1.58 bits per heavy atom. The molecule has 12 heavy (non-hydrogen) atoms. The minimum Gasteiger partial charge on any atom is -0.188 e. The van der Waals surface area contributed by atoms with Gasteiger partial charge in [-0.1, -0.05) is 22.8 Å². The zero-order chi connectivity index (χ0) is 8.97. The van der Waals surface area contributed by atoms with Crippen LogP contribution in [0.2, 0.25) is 5.02 Å². The first-order valence-electron chi connectivity index (χ1n) is 3.03. The van der Waals surface area contributed by atoms with Gasteiger partial charge in [0.1, 0.15) is 0 Å².